The van der Waals surface area contributed by atoms with E-state index in [0.717, 1.165) is 28.5 Å². The topological polar surface area (TPSA) is 70.9 Å². The Balaban J connectivity index is 1.66. The minimum Gasteiger partial charge on any atom is -0.361 e. The summed E-state index contributed by atoms with van der Waals surface area (Å²) >= 11 is 0. The van der Waals surface area contributed by atoms with E-state index in [1.807, 2.05) is 48.7 Å². The molecule has 0 fully saturated rings. The molecule has 0 saturated heterocycles. The van der Waals surface area contributed by atoms with Gasteiger partial charge in [-0.05, 0) is 41.8 Å². The van der Waals surface area contributed by atoms with Gasteiger partial charge in [-0.2, -0.15) is 0 Å². The highest BCUT2D eigenvalue weighted by Gasteiger charge is 2.07. The van der Waals surface area contributed by atoms with E-state index in [1.165, 1.54) is 5.56 Å². The van der Waals surface area contributed by atoms with Gasteiger partial charge in [-0.3, -0.25) is 4.79 Å². The van der Waals surface area contributed by atoms with Crippen LogP contribution in [-0.2, 0) is 24.2 Å². The van der Waals surface area contributed by atoms with Crippen molar-refractivity contribution in [3.05, 3.63) is 71.4 Å². The molecule has 0 aliphatic carbocycles. The highest BCUT2D eigenvalue weighted by molar-refractivity contribution is 5.86. The fourth-order valence-corrected chi connectivity index (χ4v) is 2.74. The Kier molecular flexibility index (Phi) is 4.74. The zero-order chi connectivity index (χ0) is 16.1. The van der Waals surface area contributed by atoms with E-state index in [4.69, 9.17) is 5.73 Å². The highest BCUT2D eigenvalue weighted by Crippen LogP contribution is 2.20. The summed E-state index contributed by atoms with van der Waals surface area (Å²) < 4.78 is 0. The zero-order valence-electron chi connectivity index (χ0n) is 13.0. The molecule has 1 heterocycles. The Hall–Kier alpha value is -2.59. The maximum Gasteiger partial charge on any atom is 0.224 e. The number of hydrogen-bond donors (Lipinski definition) is 3. The molecule has 0 unspecified atom stereocenters. The number of hydrogen-bond acceptors (Lipinski definition) is 2. The number of H-pyrrole nitrogens is 1. The monoisotopic (exact) mass is 307 g/mol. The third-order valence-electron chi connectivity index (χ3n) is 3.94. The lowest BCUT2D eigenvalue weighted by molar-refractivity contribution is -0.120. The van der Waals surface area contributed by atoms with E-state index in [-0.39, 0.29) is 5.91 Å². The molecule has 0 saturated carbocycles. The molecule has 4 N–H and O–H groups in total. The van der Waals surface area contributed by atoms with Crippen LogP contribution >= 0.6 is 0 Å². The summed E-state index contributed by atoms with van der Waals surface area (Å²) in [6.45, 7) is 1.18. The number of aromatic nitrogens is 1. The molecule has 0 spiro atoms. The Bertz CT molecular complexity index is 793. The molecular formula is C19H21N3O. The van der Waals surface area contributed by atoms with E-state index < -0.39 is 0 Å². The summed E-state index contributed by atoms with van der Waals surface area (Å²) in [5.41, 5.74) is 10.1. The second-order valence-electron chi connectivity index (χ2n) is 5.67. The normalized spacial score (nSPS) is 10.8. The number of nitrogens with two attached hydrogens (primary N) is 1. The summed E-state index contributed by atoms with van der Waals surface area (Å²) in [7, 11) is 0. The number of carbonyl (C=O) groups excluding carboxylic acids is 1. The van der Waals surface area contributed by atoms with Crippen LogP contribution in [0.5, 0.6) is 0 Å². The van der Waals surface area contributed by atoms with Gasteiger partial charge in [-0.15, -0.1) is 0 Å². The molecule has 0 aliphatic heterocycles. The number of fused-ring (bicyclic) bond motifs is 1. The molecule has 1 amide bonds. The number of amides is 1. The first kappa shape index (κ1) is 15.3. The number of aromatic amines is 1. The first-order valence-electron chi connectivity index (χ1n) is 7.86. The maximum atomic E-state index is 12.1. The summed E-state index contributed by atoms with van der Waals surface area (Å²) in [6, 6.07) is 16.0. The summed E-state index contributed by atoms with van der Waals surface area (Å²) in [5.74, 6) is 0.0316. The van der Waals surface area contributed by atoms with Gasteiger partial charge < -0.3 is 16.0 Å². The van der Waals surface area contributed by atoms with Gasteiger partial charge in [0.2, 0.25) is 5.91 Å². The molecule has 4 nitrogen and oxygen atoms in total. The lowest BCUT2D eigenvalue weighted by atomic mass is 10.1. The number of benzene rings is 2. The summed E-state index contributed by atoms with van der Waals surface area (Å²) in [5, 5.41) is 4.12. The van der Waals surface area contributed by atoms with Gasteiger partial charge >= 0.3 is 0 Å². The van der Waals surface area contributed by atoms with Crippen molar-refractivity contribution < 1.29 is 4.79 Å². The van der Waals surface area contributed by atoms with Crippen LogP contribution in [0, 0.1) is 0 Å². The maximum absolute atomic E-state index is 12.1. The largest absolute Gasteiger partial charge is 0.361 e. The minimum absolute atomic E-state index is 0.0316. The van der Waals surface area contributed by atoms with Gasteiger partial charge in [0.05, 0.1) is 6.42 Å². The van der Waals surface area contributed by atoms with Crippen molar-refractivity contribution in [2.45, 2.75) is 19.4 Å². The van der Waals surface area contributed by atoms with Crippen LogP contribution in [0.2, 0.25) is 0 Å². The lowest BCUT2D eigenvalue weighted by Crippen LogP contribution is -2.24. The fourth-order valence-electron chi connectivity index (χ4n) is 2.74. The van der Waals surface area contributed by atoms with Crippen LogP contribution in [0.3, 0.4) is 0 Å². The molecular weight excluding hydrogens is 286 g/mol. The molecule has 4 heteroatoms. The van der Waals surface area contributed by atoms with Crippen LogP contribution in [0.25, 0.3) is 10.9 Å². The van der Waals surface area contributed by atoms with Crippen molar-refractivity contribution in [1.82, 2.24) is 10.3 Å². The van der Waals surface area contributed by atoms with Crippen LogP contribution in [0.15, 0.2) is 54.7 Å². The summed E-state index contributed by atoms with van der Waals surface area (Å²) in [4.78, 5) is 15.4. The molecule has 0 radical (unpaired) electrons. The second kappa shape index (κ2) is 7.11. The van der Waals surface area contributed by atoms with Crippen LogP contribution in [0.1, 0.15) is 16.7 Å². The SMILES string of the molecule is NCCc1c[nH]c2ccc(CC(=O)NCc3ccccc3)cc12. The Labute approximate surface area is 135 Å². The zero-order valence-corrected chi connectivity index (χ0v) is 13.0. The van der Waals surface area contributed by atoms with Gasteiger partial charge in [0.1, 0.15) is 0 Å². The fraction of sp³-hybridized carbons (Fsp3) is 0.211. The molecule has 3 rings (SSSR count). The molecule has 2 aromatic carbocycles. The van der Waals surface area contributed by atoms with Crippen molar-refractivity contribution in [1.29, 1.82) is 0 Å². The molecule has 1 aromatic heterocycles. The third-order valence-corrected chi connectivity index (χ3v) is 3.94. The Morgan fingerprint density at radius 3 is 2.70 bits per heavy atom. The van der Waals surface area contributed by atoms with Crippen molar-refractivity contribution in [2.24, 2.45) is 5.73 Å². The smallest absolute Gasteiger partial charge is 0.224 e. The predicted molar refractivity (Wildman–Crippen MR) is 93.0 cm³/mol. The molecule has 23 heavy (non-hydrogen) atoms. The Morgan fingerprint density at radius 1 is 1.09 bits per heavy atom. The number of nitrogens with one attached hydrogen (secondary N) is 2. The average Bonchev–Trinajstić information content (AvgIpc) is 2.97. The van der Waals surface area contributed by atoms with E-state index in [9.17, 15) is 4.79 Å². The minimum atomic E-state index is 0.0316. The standard InChI is InChI=1S/C19H21N3O/c20-9-8-16-13-21-18-7-6-15(10-17(16)18)11-19(23)22-12-14-4-2-1-3-5-14/h1-7,10,13,21H,8-9,11-12,20H2,(H,22,23). The predicted octanol–water partition coefficient (Wildman–Crippen LogP) is 2.53. The van der Waals surface area contributed by atoms with Crippen molar-refractivity contribution >= 4 is 16.8 Å². The number of carbonyl (C=O) groups is 1. The van der Waals surface area contributed by atoms with Gasteiger partial charge in [0.15, 0.2) is 0 Å². The van der Waals surface area contributed by atoms with Gasteiger partial charge in [-0.1, -0.05) is 36.4 Å². The lowest BCUT2D eigenvalue weighted by Gasteiger charge is -2.06. The third kappa shape index (κ3) is 3.79. The second-order valence-corrected chi connectivity index (χ2v) is 5.67. The van der Waals surface area contributed by atoms with E-state index in [0.29, 0.717) is 19.5 Å². The first-order valence-corrected chi connectivity index (χ1v) is 7.86. The van der Waals surface area contributed by atoms with Crippen LogP contribution in [-0.4, -0.2) is 17.4 Å². The van der Waals surface area contributed by atoms with E-state index >= 15 is 0 Å². The van der Waals surface area contributed by atoms with Gasteiger partial charge in [-0.25, -0.2) is 0 Å². The van der Waals surface area contributed by atoms with Crippen molar-refractivity contribution in [2.75, 3.05) is 6.54 Å². The average molecular weight is 307 g/mol. The number of rotatable bonds is 6. The van der Waals surface area contributed by atoms with Crippen molar-refractivity contribution in [3.63, 3.8) is 0 Å². The highest BCUT2D eigenvalue weighted by atomic mass is 16.1. The van der Waals surface area contributed by atoms with Gasteiger partial charge in [0.25, 0.3) is 0 Å². The van der Waals surface area contributed by atoms with Crippen LogP contribution in [0.4, 0.5) is 0 Å². The first-order chi connectivity index (χ1) is 11.3. The van der Waals surface area contributed by atoms with Gasteiger partial charge in [0, 0.05) is 23.6 Å². The molecule has 118 valence electrons. The molecule has 0 aliphatic rings. The molecule has 3 aromatic rings. The molecule has 0 bridgehead atoms. The summed E-state index contributed by atoms with van der Waals surface area (Å²) in [6.07, 6.45) is 3.22. The molecule has 0 atom stereocenters. The Morgan fingerprint density at radius 2 is 1.91 bits per heavy atom. The quantitative estimate of drug-likeness (QED) is 0.655. The van der Waals surface area contributed by atoms with Crippen molar-refractivity contribution in [3.8, 4) is 0 Å². The van der Waals surface area contributed by atoms with E-state index in [2.05, 4.69) is 16.4 Å². The van der Waals surface area contributed by atoms with Crippen LogP contribution < -0.4 is 11.1 Å². The van der Waals surface area contributed by atoms with E-state index in [1.54, 1.807) is 0 Å².